The molecule has 1 N–H and O–H groups in total. The average molecular weight is 344 g/mol. The molecule has 1 heterocycles. The Labute approximate surface area is 148 Å². The number of pyridine rings is 1. The Morgan fingerprint density at radius 3 is 2.24 bits per heavy atom. The molecule has 2 rings (SSSR count). The van der Waals surface area contributed by atoms with Gasteiger partial charge in [-0.05, 0) is 24.1 Å². The Balaban J connectivity index is 2.35. The molecule has 0 saturated heterocycles. The van der Waals surface area contributed by atoms with Gasteiger partial charge in [0.1, 0.15) is 5.75 Å². The second kappa shape index (κ2) is 8.37. The third-order valence-electron chi connectivity index (χ3n) is 3.90. The van der Waals surface area contributed by atoms with Crippen LogP contribution in [0.3, 0.4) is 0 Å². The molecule has 1 aromatic carbocycles. The van der Waals surface area contributed by atoms with Gasteiger partial charge in [-0.1, -0.05) is 13.8 Å². The third-order valence-corrected chi connectivity index (χ3v) is 3.90. The summed E-state index contributed by atoms with van der Waals surface area (Å²) in [6.45, 7) is 4.41. The number of aromatic nitrogens is 1. The predicted octanol–water partition coefficient (Wildman–Crippen LogP) is 3.16. The SMILES string of the molecule is COc1cc(CNC(=O)c2ccncc2)c(OC)c(OC)c1C(C)C. The summed E-state index contributed by atoms with van der Waals surface area (Å²) in [5.74, 6) is 1.95. The van der Waals surface area contributed by atoms with Gasteiger partial charge in [0.05, 0.1) is 21.3 Å². The van der Waals surface area contributed by atoms with E-state index in [1.165, 1.54) is 0 Å². The number of ether oxygens (including phenoxy) is 3. The van der Waals surface area contributed by atoms with Crippen LogP contribution in [-0.4, -0.2) is 32.2 Å². The van der Waals surface area contributed by atoms with Crippen LogP contribution >= 0.6 is 0 Å². The van der Waals surface area contributed by atoms with Gasteiger partial charge < -0.3 is 19.5 Å². The summed E-state index contributed by atoms with van der Waals surface area (Å²) in [7, 11) is 4.80. The van der Waals surface area contributed by atoms with E-state index < -0.39 is 0 Å². The predicted molar refractivity (Wildman–Crippen MR) is 95.6 cm³/mol. The van der Waals surface area contributed by atoms with Crippen LogP contribution in [0.5, 0.6) is 17.2 Å². The summed E-state index contributed by atoms with van der Waals surface area (Å²) in [6.07, 6.45) is 3.16. The summed E-state index contributed by atoms with van der Waals surface area (Å²) >= 11 is 0. The van der Waals surface area contributed by atoms with Crippen LogP contribution < -0.4 is 19.5 Å². The van der Waals surface area contributed by atoms with Crippen LogP contribution in [0.15, 0.2) is 30.6 Å². The molecule has 134 valence electrons. The number of carbonyl (C=O) groups is 1. The molecule has 0 aliphatic heterocycles. The first-order chi connectivity index (χ1) is 12.0. The lowest BCUT2D eigenvalue weighted by Gasteiger charge is -2.21. The maximum absolute atomic E-state index is 12.3. The van der Waals surface area contributed by atoms with Gasteiger partial charge in [-0.3, -0.25) is 9.78 Å². The molecule has 0 atom stereocenters. The van der Waals surface area contributed by atoms with E-state index in [9.17, 15) is 4.79 Å². The molecule has 0 unspecified atom stereocenters. The van der Waals surface area contributed by atoms with Crippen molar-refractivity contribution in [2.45, 2.75) is 26.3 Å². The summed E-state index contributed by atoms with van der Waals surface area (Å²) in [5, 5.41) is 2.88. The second-order valence-corrected chi connectivity index (χ2v) is 5.79. The van der Waals surface area contributed by atoms with E-state index in [-0.39, 0.29) is 18.4 Å². The summed E-state index contributed by atoms with van der Waals surface area (Å²) in [4.78, 5) is 16.2. The lowest BCUT2D eigenvalue weighted by molar-refractivity contribution is 0.0950. The monoisotopic (exact) mass is 344 g/mol. The Morgan fingerprint density at radius 1 is 1.08 bits per heavy atom. The third kappa shape index (κ3) is 4.02. The summed E-state index contributed by atoms with van der Waals surface area (Å²) < 4.78 is 16.7. The topological polar surface area (TPSA) is 69.7 Å². The number of nitrogens with zero attached hydrogens (tertiary/aromatic N) is 1. The Bertz CT molecular complexity index is 730. The molecule has 6 heteroatoms. The zero-order chi connectivity index (χ0) is 18.4. The number of amides is 1. The number of hydrogen-bond acceptors (Lipinski definition) is 5. The van der Waals surface area contributed by atoms with E-state index >= 15 is 0 Å². The van der Waals surface area contributed by atoms with Gasteiger partial charge in [-0.2, -0.15) is 0 Å². The highest BCUT2D eigenvalue weighted by Crippen LogP contribution is 2.44. The van der Waals surface area contributed by atoms with E-state index in [1.807, 2.05) is 6.07 Å². The molecule has 0 aliphatic rings. The molecule has 6 nitrogen and oxygen atoms in total. The van der Waals surface area contributed by atoms with Crippen molar-refractivity contribution in [2.24, 2.45) is 0 Å². The number of carbonyl (C=O) groups excluding carboxylic acids is 1. The smallest absolute Gasteiger partial charge is 0.251 e. The van der Waals surface area contributed by atoms with Gasteiger partial charge in [-0.25, -0.2) is 0 Å². The van der Waals surface area contributed by atoms with Crippen LogP contribution in [0.4, 0.5) is 0 Å². The average Bonchev–Trinajstić information content (AvgIpc) is 2.64. The summed E-state index contributed by atoms with van der Waals surface area (Å²) in [5.41, 5.74) is 2.26. The Morgan fingerprint density at radius 2 is 1.72 bits per heavy atom. The minimum Gasteiger partial charge on any atom is -0.496 e. The highest BCUT2D eigenvalue weighted by atomic mass is 16.5. The second-order valence-electron chi connectivity index (χ2n) is 5.79. The molecule has 0 radical (unpaired) electrons. The maximum Gasteiger partial charge on any atom is 0.251 e. The van der Waals surface area contributed by atoms with Crippen LogP contribution in [0, 0.1) is 0 Å². The van der Waals surface area contributed by atoms with Crippen molar-refractivity contribution in [3.8, 4) is 17.2 Å². The number of nitrogens with one attached hydrogen (secondary N) is 1. The van der Waals surface area contributed by atoms with Gasteiger partial charge in [-0.15, -0.1) is 0 Å². The quantitative estimate of drug-likeness (QED) is 0.835. The standard InChI is InChI=1S/C19H24N2O4/c1-12(2)16-15(23-3)10-14(17(24-4)18(16)25-5)11-21-19(22)13-6-8-20-9-7-13/h6-10,12H,11H2,1-5H3,(H,21,22). The number of hydrogen-bond donors (Lipinski definition) is 1. The normalized spacial score (nSPS) is 10.5. The van der Waals surface area contributed by atoms with Gasteiger partial charge >= 0.3 is 0 Å². The highest BCUT2D eigenvalue weighted by Gasteiger charge is 2.22. The fourth-order valence-corrected chi connectivity index (χ4v) is 2.74. The molecule has 2 aromatic rings. The van der Waals surface area contributed by atoms with Crippen LogP contribution in [0.25, 0.3) is 0 Å². The highest BCUT2D eigenvalue weighted by molar-refractivity contribution is 5.94. The van der Waals surface area contributed by atoms with Crippen molar-refractivity contribution >= 4 is 5.91 Å². The van der Waals surface area contributed by atoms with Crippen molar-refractivity contribution in [1.29, 1.82) is 0 Å². The molecule has 0 spiro atoms. The van der Waals surface area contributed by atoms with E-state index in [0.29, 0.717) is 22.8 Å². The van der Waals surface area contributed by atoms with Crippen molar-refractivity contribution in [3.63, 3.8) is 0 Å². The molecule has 25 heavy (non-hydrogen) atoms. The van der Waals surface area contributed by atoms with E-state index in [4.69, 9.17) is 14.2 Å². The van der Waals surface area contributed by atoms with Gasteiger partial charge in [0.2, 0.25) is 0 Å². The number of benzene rings is 1. The lowest BCUT2D eigenvalue weighted by atomic mass is 9.97. The van der Waals surface area contributed by atoms with Crippen molar-refractivity contribution < 1.29 is 19.0 Å². The molecule has 0 bridgehead atoms. The van der Waals surface area contributed by atoms with Crippen molar-refractivity contribution in [2.75, 3.05) is 21.3 Å². The Kier molecular flexibility index (Phi) is 6.22. The zero-order valence-corrected chi connectivity index (χ0v) is 15.3. The first-order valence-corrected chi connectivity index (χ1v) is 8.03. The molecule has 0 saturated carbocycles. The van der Waals surface area contributed by atoms with Crippen LogP contribution in [-0.2, 0) is 6.54 Å². The van der Waals surface area contributed by atoms with E-state index in [1.54, 1.807) is 45.9 Å². The Hall–Kier alpha value is -2.76. The van der Waals surface area contributed by atoms with Crippen LogP contribution in [0.2, 0.25) is 0 Å². The molecule has 0 fully saturated rings. The molecule has 0 aliphatic carbocycles. The number of rotatable bonds is 7. The van der Waals surface area contributed by atoms with Gasteiger partial charge in [0.15, 0.2) is 11.5 Å². The number of methoxy groups -OCH3 is 3. The maximum atomic E-state index is 12.3. The van der Waals surface area contributed by atoms with Gasteiger partial charge in [0, 0.05) is 35.6 Å². The minimum atomic E-state index is -0.185. The summed E-state index contributed by atoms with van der Waals surface area (Å²) in [6, 6.07) is 5.20. The minimum absolute atomic E-state index is 0.185. The first-order valence-electron chi connectivity index (χ1n) is 8.03. The van der Waals surface area contributed by atoms with E-state index in [0.717, 1.165) is 11.1 Å². The largest absolute Gasteiger partial charge is 0.496 e. The van der Waals surface area contributed by atoms with Crippen molar-refractivity contribution in [3.05, 3.63) is 47.3 Å². The molecular formula is C19H24N2O4. The van der Waals surface area contributed by atoms with E-state index in [2.05, 4.69) is 24.1 Å². The molecular weight excluding hydrogens is 320 g/mol. The molecule has 1 amide bonds. The van der Waals surface area contributed by atoms with Crippen molar-refractivity contribution in [1.82, 2.24) is 10.3 Å². The molecule has 1 aromatic heterocycles. The van der Waals surface area contributed by atoms with Crippen LogP contribution in [0.1, 0.15) is 41.3 Å². The lowest BCUT2D eigenvalue weighted by Crippen LogP contribution is -2.23. The fourth-order valence-electron chi connectivity index (χ4n) is 2.74. The fraction of sp³-hybridized carbons (Fsp3) is 0.368. The van der Waals surface area contributed by atoms with Gasteiger partial charge in [0.25, 0.3) is 5.91 Å². The zero-order valence-electron chi connectivity index (χ0n) is 15.3. The first kappa shape index (κ1) is 18.6.